The van der Waals surface area contributed by atoms with Crippen LogP contribution in [0, 0.1) is 17.8 Å². The number of carbonyl (C=O) groups is 2. The lowest BCUT2D eigenvalue weighted by Gasteiger charge is -2.37. The minimum absolute atomic E-state index is 0.119. The Morgan fingerprint density at radius 2 is 1.84 bits per heavy atom. The summed E-state index contributed by atoms with van der Waals surface area (Å²) >= 11 is 1.64. The van der Waals surface area contributed by atoms with Crippen LogP contribution in [0.2, 0.25) is 0 Å². The summed E-state index contributed by atoms with van der Waals surface area (Å²) < 4.78 is 5.69. The zero-order valence-electron chi connectivity index (χ0n) is 17.8. The molecule has 1 atom stereocenters. The van der Waals surface area contributed by atoms with Gasteiger partial charge in [0.1, 0.15) is 11.3 Å². The molecule has 7 heteroatoms. The van der Waals surface area contributed by atoms with Crippen LogP contribution in [0.1, 0.15) is 74.1 Å². The van der Waals surface area contributed by atoms with E-state index in [1.165, 1.54) is 10.4 Å². The third-order valence-electron chi connectivity index (χ3n) is 7.59. The molecule has 5 aliphatic rings. The predicted octanol–water partition coefficient (Wildman–Crippen LogP) is 5.05. The Hall–Kier alpha value is -2.28. The fraction of sp³-hybridized carbons (Fsp3) is 0.583. The van der Waals surface area contributed by atoms with Crippen LogP contribution in [-0.4, -0.2) is 22.3 Å². The highest BCUT2D eigenvalue weighted by atomic mass is 32.1. The summed E-state index contributed by atoms with van der Waals surface area (Å²) in [4.78, 5) is 31.2. The maximum Gasteiger partial charge on any atom is 0.261 e. The summed E-state index contributed by atoms with van der Waals surface area (Å²) in [7, 11) is 0. The topological polar surface area (TPSA) is 85.1 Å². The van der Waals surface area contributed by atoms with Crippen molar-refractivity contribution in [1.82, 2.24) is 10.1 Å². The van der Waals surface area contributed by atoms with Crippen molar-refractivity contribution in [3.63, 3.8) is 0 Å². The molecule has 0 radical (unpaired) electrons. The number of nitrogens with zero attached hydrogens (tertiary/aromatic N) is 2. The Bertz CT molecular complexity index is 1090. The maximum atomic E-state index is 13.4. The van der Waals surface area contributed by atoms with Crippen LogP contribution in [0.25, 0.3) is 11.5 Å². The number of hydrogen-bond acceptors (Lipinski definition) is 6. The number of allylic oxidation sites excluding steroid dienone is 1. The lowest BCUT2D eigenvalue weighted by atomic mass is 9.67. The number of aromatic nitrogens is 2. The van der Waals surface area contributed by atoms with E-state index in [1.807, 2.05) is 0 Å². The highest BCUT2D eigenvalue weighted by Crippen LogP contribution is 2.48. The van der Waals surface area contributed by atoms with Crippen molar-refractivity contribution in [2.75, 3.05) is 5.32 Å². The number of amides is 1. The molecule has 2 bridgehead atoms. The fourth-order valence-corrected chi connectivity index (χ4v) is 7.10. The molecule has 1 N–H and O–H groups in total. The molecule has 2 heterocycles. The summed E-state index contributed by atoms with van der Waals surface area (Å²) in [6.45, 7) is 2.28. The van der Waals surface area contributed by atoms with E-state index in [0.29, 0.717) is 23.3 Å². The van der Waals surface area contributed by atoms with Gasteiger partial charge in [-0.1, -0.05) is 12.1 Å². The van der Waals surface area contributed by atoms with Crippen LogP contribution in [0.15, 0.2) is 15.7 Å². The average molecular weight is 438 g/mol. The van der Waals surface area contributed by atoms with Gasteiger partial charge in [0.15, 0.2) is 5.82 Å². The number of fused-ring (bicyclic) bond motifs is 3. The molecule has 6 nitrogen and oxygen atoms in total. The highest BCUT2D eigenvalue weighted by Gasteiger charge is 2.39. The molecule has 31 heavy (non-hydrogen) atoms. The van der Waals surface area contributed by atoms with Gasteiger partial charge < -0.3 is 9.84 Å². The van der Waals surface area contributed by atoms with Crippen LogP contribution in [-0.2, 0) is 22.4 Å². The first-order chi connectivity index (χ1) is 15.1. The van der Waals surface area contributed by atoms with E-state index in [-0.39, 0.29) is 17.7 Å². The smallest absolute Gasteiger partial charge is 0.261 e. The van der Waals surface area contributed by atoms with Gasteiger partial charge in [0.2, 0.25) is 0 Å². The van der Waals surface area contributed by atoms with Gasteiger partial charge in [0.05, 0.1) is 5.56 Å². The van der Waals surface area contributed by atoms with E-state index in [9.17, 15) is 9.59 Å². The Labute approximate surface area is 185 Å². The lowest BCUT2D eigenvalue weighted by molar-refractivity contribution is -0.114. The van der Waals surface area contributed by atoms with Gasteiger partial charge in [-0.25, -0.2) is 0 Å². The first-order valence-corrected chi connectivity index (χ1v) is 12.4. The molecular formula is C24H27N3O3S. The van der Waals surface area contributed by atoms with Crippen LogP contribution in [0.3, 0.4) is 0 Å². The number of thiophene rings is 1. The monoisotopic (exact) mass is 437 g/mol. The Balaban J connectivity index is 1.39. The molecule has 7 rings (SSSR count). The molecule has 1 unspecified atom stereocenters. The second kappa shape index (κ2) is 7.40. The summed E-state index contributed by atoms with van der Waals surface area (Å²) in [5, 5.41) is 8.20. The molecule has 0 saturated heterocycles. The van der Waals surface area contributed by atoms with Gasteiger partial charge >= 0.3 is 0 Å². The molecule has 0 aliphatic heterocycles. The quantitative estimate of drug-likeness (QED) is 0.661. The van der Waals surface area contributed by atoms with Crippen LogP contribution < -0.4 is 5.32 Å². The Kier molecular flexibility index (Phi) is 4.63. The Morgan fingerprint density at radius 1 is 1.10 bits per heavy atom. The van der Waals surface area contributed by atoms with E-state index in [2.05, 4.69) is 17.4 Å². The maximum absolute atomic E-state index is 13.4. The summed E-state index contributed by atoms with van der Waals surface area (Å²) in [5.74, 6) is 2.69. The highest BCUT2D eigenvalue weighted by molar-refractivity contribution is 7.17. The van der Waals surface area contributed by atoms with E-state index in [1.54, 1.807) is 11.3 Å². The van der Waals surface area contributed by atoms with Crippen LogP contribution in [0.4, 0.5) is 5.00 Å². The van der Waals surface area contributed by atoms with Gasteiger partial charge in [-0.2, -0.15) is 4.98 Å². The second-order valence-corrected chi connectivity index (χ2v) is 10.9. The first-order valence-electron chi connectivity index (χ1n) is 11.6. The largest absolute Gasteiger partial charge is 0.334 e. The number of aldehydes is 1. The van der Waals surface area contributed by atoms with Crippen LogP contribution in [0.5, 0.6) is 0 Å². The van der Waals surface area contributed by atoms with Crippen molar-refractivity contribution < 1.29 is 14.1 Å². The molecule has 2 fully saturated rings. The van der Waals surface area contributed by atoms with Gasteiger partial charge in [-0.05, 0) is 81.1 Å². The summed E-state index contributed by atoms with van der Waals surface area (Å²) in [5.41, 5.74) is 3.60. The van der Waals surface area contributed by atoms with E-state index < -0.39 is 0 Å². The van der Waals surface area contributed by atoms with E-state index >= 15 is 0 Å². The van der Waals surface area contributed by atoms with E-state index in [4.69, 9.17) is 9.51 Å². The first kappa shape index (κ1) is 19.4. The van der Waals surface area contributed by atoms with Crippen molar-refractivity contribution >= 4 is 28.5 Å². The molecule has 0 aromatic carbocycles. The zero-order valence-corrected chi connectivity index (χ0v) is 18.6. The number of hydrogen-bond donors (Lipinski definition) is 1. The van der Waals surface area contributed by atoms with Crippen LogP contribution >= 0.6 is 11.3 Å². The van der Waals surface area contributed by atoms with E-state index in [0.717, 1.165) is 86.0 Å². The fourth-order valence-electron chi connectivity index (χ4n) is 5.70. The molecule has 1 amide bonds. The standard InChI is InChI=1S/C24H27N3O3S/c1-12-2-9-16-18(10-12)31-24(20(16)23-25-21(27-30-23)15-7-8-15)26-22(29)19-14-5-3-13(4-6-14)17(19)11-28/h11-15H,2-10H2,1H3,(H,26,29). The lowest BCUT2D eigenvalue weighted by Crippen LogP contribution is -2.33. The number of anilines is 1. The van der Waals surface area contributed by atoms with Crippen molar-refractivity contribution in [3.8, 4) is 11.5 Å². The summed E-state index contributed by atoms with van der Waals surface area (Å²) in [6.07, 6.45) is 10.3. The van der Waals surface area contributed by atoms with Crippen molar-refractivity contribution in [3.05, 3.63) is 27.4 Å². The molecule has 0 spiro atoms. The normalized spacial score (nSPS) is 27.3. The predicted molar refractivity (Wildman–Crippen MR) is 118 cm³/mol. The molecule has 2 saturated carbocycles. The van der Waals surface area contributed by atoms with Crippen molar-refractivity contribution in [1.29, 1.82) is 0 Å². The third-order valence-corrected chi connectivity index (χ3v) is 8.76. The van der Waals surface area contributed by atoms with Crippen molar-refractivity contribution in [2.45, 2.75) is 70.6 Å². The molecular weight excluding hydrogens is 410 g/mol. The second-order valence-electron chi connectivity index (χ2n) is 9.78. The van der Waals surface area contributed by atoms with Gasteiger partial charge in [0, 0.05) is 21.9 Å². The van der Waals surface area contributed by atoms with Gasteiger partial charge in [0.25, 0.3) is 11.8 Å². The minimum Gasteiger partial charge on any atom is -0.334 e. The molecule has 2 aromatic heterocycles. The van der Waals surface area contributed by atoms with Crippen molar-refractivity contribution in [2.24, 2.45) is 17.8 Å². The number of nitrogens with one attached hydrogen (secondary N) is 1. The van der Waals surface area contributed by atoms with Gasteiger partial charge in [-0.15, -0.1) is 11.3 Å². The average Bonchev–Trinajstić information content (AvgIpc) is 3.42. The molecule has 5 aliphatic carbocycles. The molecule has 162 valence electrons. The number of carbonyl (C=O) groups excluding carboxylic acids is 2. The zero-order chi connectivity index (χ0) is 21.1. The van der Waals surface area contributed by atoms with Gasteiger partial charge in [-0.3, -0.25) is 9.59 Å². The minimum atomic E-state index is -0.119. The number of rotatable bonds is 5. The summed E-state index contributed by atoms with van der Waals surface area (Å²) in [6, 6.07) is 0. The Morgan fingerprint density at radius 3 is 2.58 bits per heavy atom. The molecule has 2 aromatic rings. The SMILES string of the molecule is CC1CCc2c(sc(NC(=O)C3=C(C=O)C4CCC3CC4)c2-c2nc(C3CC3)no2)C1. The third kappa shape index (κ3) is 3.28.